The van der Waals surface area contributed by atoms with E-state index in [0.29, 0.717) is 19.0 Å². The molecule has 0 aliphatic carbocycles. The predicted molar refractivity (Wildman–Crippen MR) is 121 cm³/mol. The van der Waals surface area contributed by atoms with Crippen molar-refractivity contribution in [1.82, 2.24) is 25.0 Å². The van der Waals surface area contributed by atoms with Gasteiger partial charge in [-0.2, -0.15) is 0 Å². The lowest BCUT2D eigenvalue weighted by molar-refractivity contribution is 0.607. The van der Waals surface area contributed by atoms with E-state index in [2.05, 4.69) is 37.7 Å². The highest BCUT2D eigenvalue weighted by molar-refractivity contribution is 7.22. The molecule has 0 saturated heterocycles. The second-order valence-corrected chi connectivity index (χ2v) is 8.20. The molecule has 3 aromatic heterocycles. The molecule has 1 N–H and O–H groups in total. The lowest BCUT2D eigenvalue weighted by atomic mass is 9.99. The first-order chi connectivity index (χ1) is 15.2. The number of nitrogens with one attached hydrogen (secondary N) is 1. The van der Waals surface area contributed by atoms with Crippen LogP contribution in [-0.2, 0) is 6.54 Å². The molecule has 0 saturated carbocycles. The Kier molecular flexibility index (Phi) is 5.13. The molecular weight excluding hydrogens is 411 g/mol. The fraction of sp³-hybridized carbons (Fsp3) is 0.130. The summed E-state index contributed by atoms with van der Waals surface area (Å²) < 4.78 is 16.8. The molecule has 5 aromatic rings. The first-order valence-corrected chi connectivity index (χ1v) is 10.7. The van der Waals surface area contributed by atoms with Crippen LogP contribution in [0.4, 0.5) is 10.3 Å². The van der Waals surface area contributed by atoms with Crippen LogP contribution in [0.3, 0.4) is 0 Å². The van der Waals surface area contributed by atoms with Crippen LogP contribution in [0.1, 0.15) is 5.56 Å². The van der Waals surface area contributed by atoms with Crippen molar-refractivity contribution in [2.45, 2.75) is 13.5 Å². The van der Waals surface area contributed by atoms with Crippen molar-refractivity contribution in [1.29, 1.82) is 0 Å². The van der Waals surface area contributed by atoms with E-state index in [1.807, 2.05) is 37.4 Å². The number of hydrogen-bond donors (Lipinski definition) is 1. The van der Waals surface area contributed by atoms with Gasteiger partial charge in [0.25, 0.3) is 0 Å². The van der Waals surface area contributed by atoms with E-state index >= 15 is 0 Å². The van der Waals surface area contributed by atoms with E-state index in [-0.39, 0.29) is 5.82 Å². The zero-order chi connectivity index (χ0) is 21.2. The SMILES string of the molecule is Cc1ccc(F)cc1-c1cccc2cc(-c3ccnc(NCCn4ccnn4)n3)sc12. The Hall–Kier alpha value is -3.65. The first kappa shape index (κ1) is 19.3. The van der Waals surface area contributed by atoms with Crippen molar-refractivity contribution in [2.75, 3.05) is 11.9 Å². The zero-order valence-corrected chi connectivity index (χ0v) is 17.6. The van der Waals surface area contributed by atoms with Crippen LogP contribution in [0.2, 0.25) is 0 Å². The minimum atomic E-state index is -0.230. The molecule has 3 heterocycles. The fourth-order valence-electron chi connectivity index (χ4n) is 3.50. The summed E-state index contributed by atoms with van der Waals surface area (Å²) in [6.07, 6.45) is 5.22. The Morgan fingerprint density at radius 3 is 2.87 bits per heavy atom. The molecule has 0 radical (unpaired) electrons. The van der Waals surface area contributed by atoms with E-state index in [1.54, 1.807) is 34.5 Å². The number of aromatic nitrogens is 5. The summed E-state index contributed by atoms with van der Waals surface area (Å²) in [5.74, 6) is 0.336. The average Bonchev–Trinajstić information content (AvgIpc) is 3.45. The van der Waals surface area contributed by atoms with Gasteiger partial charge in [-0.1, -0.05) is 29.5 Å². The molecule has 2 aromatic carbocycles. The summed E-state index contributed by atoms with van der Waals surface area (Å²) in [7, 11) is 0. The van der Waals surface area contributed by atoms with Crippen molar-refractivity contribution in [3.63, 3.8) is 0 Å². The Morgan fingerprint density at radius 1 is 1.06 bits per heavy atom. The van der Waals surface area contributed by atoms with E-state index < -0.39 is 0 Å². The number of halogens is 1. The molecule has 5 rings (SSSR count). The second-order valence-electron chi connectivity index (χ2n) is 7.15. The maximum Gasteiger partial charge on any atom is 0.223 e. The number of rotatable bonds is 6. The van der Waals surface area contributed by atoms with Crippen LogP contribution >= 0.6 is 11.3 Å². The molecule has 0 amide bonds. The normalized spacial score (nSPS) is 11.2. The molecule has 0 bridgehead atoms. The average molecular weight is 431 g/mol. The Morgan fingerprint density at radius 2 is 2.00 bits per heavy atom. The smallest absolute Gasteiger partial charge is 0.223 e. The summed E-state index contributed by atoms with van der Waals surface area (Å²) in [6.45, 7) is 3.32. The van der Waals surface area contributed by atoms with Crippen LogP contribution in [0.5, 0.6) is 0 Å². The summed E-state index contributed by atoms with van der Waals surface area (Å²) in [5, 5.41) is 12.1. The Labute approximate surface area is 182 Å². The van der Waals surface area contributed by atoms with Gasteiger partial charge >= 0.3 is 0 Å². The van der Waals surface area contributed by atoms with Gasteiger partial charge in [0.2, 0.25) is 5.95 Å². The third-order valence-electron chi connectivity index (χ3n) is 5.04. The summed E-state index contributed by atoms with van der Waals surface area (Å²) in [4.78, 5) is 10.0. The van der Waals surface area contributed by atoms with E-state index in [4.69, 9.17) is 0 Å². The van der Waals surface area contributed by atoms with Crippen LogP contribution in [0.25, 0.3) is 31.8 Å². The molecule has 31 heavy (non-hydrogen) atoms. The number of fused-ring (bicyclic) bond motifs is 1. The van der Waals surface area contributed by atoms with Crippen molar-refractivity contribution < 1.29 is 4.39 Å². The topological polar surface area (TPSA) is 68.5 Å². The van der Waals surface area contributed by atoms with Crippen molar-refractivity contribution in [3.8, 4) is 21.7 Å². The maximum atomic E-state index is 13.9. The molecule has 0 aliphatic rings. The summed E-state index contributed by atoms with van der Waals surface area (Å²) in [5.41, 5.74) is 3.84. The lowest BCUT2D eigenvalue weighted by Gasteiger charge is -2.07. The number of nitrogens with zero attached hydrogens (tertiary/aromatic N) is 5. The first-order valence-electron chi connectivity index (χ1n) is 9.88. The number of benzene rings is 2. The van der Waals surface area contributed by atoms with Gasteiger partial charge in [-0.05, 0) is 53.3 Å². The maximum absolute atomic E-state index is 13.9. The van der Waals surface area contributed by atoms with Crippen LogP contribution in [-0.4, -0.2) is 31.5 Å². The number of hydrogen-bond acceptors (Lipinski definition) is 6. The number of thiophene rings is 1. The molecule has 0 unspecified atom stereocenters. The summed E-state index contributed by atoms with van der Waals surface area (Å²) >= 11 is 1.65. The number of anilines is 1. The highest BCUT2D eigenvalue weighted by Crippen LogP contribution is 2.39. The highest BCUT2D eigenvalue weighted by Gasteiger charge is 2.13. The van der Waals surface area contributed by atoms with Crippen molar-refractivity contribution >= 4 is 27.4 Å². The van der Waals surface area contributed by atoms with Gasteiger partial charge in [-0.15, -0.1) is 16.4 Å². The van der Waals surface area contributed by atoms with Crippen molar-refractivity contribution in [3.05, 3.63) is 78.5 Å². The monoisotopic (exact) mass is 430 g/mol. The van der Waals surface area contributed by atoms with Crippen LogP contribution in [0, 0.1) is 12.7 Å². The molecule has 0 spiro atoms. The fourth-order valence-corrected chi connectivity index (χ4v) is 4.66. The van der Waals surface area contributed by atoms with Gasteiger partial charge in [0.15, 0.2) is 0 Å². The standard InChI is InChI=1S/C23H19FN6S/c1-15-5-6-17(24)14-19(15)18-4-2-3-16-13-21(31-22(16)18)20-7-8-25-23(28-20)26-9-11-30-12-10-27-29-30/h2-8,10,12-14H,9,11H2,1H3,(H,25,26,28). The van der Waals surface area contributed by atoms with E-state index in [1.165, 1.54) is 6.07 Å². The molecule has 6 nitrogen and oxygen atoms in total. The third kappa shape index (κ3) is 4.02. The minimum Gasteiger partial charge on any atom is -0.352 e. The molecule has 0 fully saturated rings. The highest BCUT2D eigenvalue weighted by atomic mass is 32.1. The Balaban J connectivity index is 1.45. The van der Waals surface area contributed by atoms with Gasteiger partial charge in [0.1, 0.15) is 5.82 Å². The van der Waals surface area contributed by atoms with Gasteiger partial charge < -0.3 is 5.32 Å². The Bertz CT molecular complexity index is 1350. The van der Waals surface area contributed by atoms with Crippen molar-refractivity contribution in [2.24, 2.45) is 0 Å². The van der Waals surface area contributed by atoms with Gasteiger partial charge in [0, 0.05) is 23.6 Å². The quantitative estimate of drug-likeness (QED) is 0.402. The minimum absolute atomic E-state index is 0.230. The third-order valence-corrected chi connectivity index (χ3v) is 6.24. The second kappa shape index (κ2) is 8.23. The van der Waals surface area contributed by atoms with E-state index in [0.717, 1.165) is 37.3 Å². The van der Waals surface area contributed by atoms with Gasteiger partial charge in [-0.25, -0.2) is 14.4 Å². The predicted octanol–water partition coefficient (Wildman–Crippen LogP) is 5.18. The molecule has 0 aliphatic heterocycles. The van der Waals surface area contributed by atoms with E-state index in [9.17, 15) is 4.39 Å². The van der Waals surface area contributed by atoms with Gasteiger partial charge in [-0.3, -0.25) is 4.68 Å². The molecular formula is C23H19FN6S. The molecule has 8 heteroatoms. The lowest BCUT2D eigenvalue weighted by Crippen LogP contribution is -2.12. The molecule has 0 atom stereocenters. The zero-order valence-electron chi connectivity index (χ0n) is 16.8. The van der Waals surface area contributed by atoms with Crippen LogP contribution in [0.15, 0.2) is 67.1 Å². The summed E-state index contributed by atoms with van der Waals surface area (Å²) in [6, 6.07) is 15.1. The van der Waals surface area contributed by atoms with Crippen LogP contribution < -0.4 is 5.32 Å². The largest absolute Gasteiger partial charge is 0.352 e. The molecule has 154 valence electrons. The van der Waals surface area contributed by atoms with Gasteiger partial charge in [0.05, 0.1) is 23.3 Å². The number of aryl methyl sites for hydroxylation is 1.